The summed E-state index contributed by atoms with van der Waals surface area (Å²) in [4.78, 5) is 14.3. The van der Waals surface area contributed by atoms with Gasteiger partial charge < -0.3 is 4.74 Å². The van der Waals surface area contributed by atoms with Crippen molar-refractivity contribution in [1.29, 1.82) is 0 Å². The van der Waals surface area contributed by atoms with E-state index in [0.717, 1.165) is 37.5 Å². The van der Waals surface area contributed by atoms with Gasteiger partial charge in [0.25, 0.3) is 0 Å². The molecule has 0 unspecified atom stereocenters. The molecule has 3 fully saturated rings. The first-order chi connectivity index (χ1) is 12.4. The molecule has 1 aliphatic heterocycles. The first-order valence-electron chi connectivity index (χ1n) is 10.6. The van der Waals surface area contributed by atoms with Gasteiger partial charge in [-0.3, -0.25) is 0 Å². The maximum absolute atomic E-state index is 12.1. The molecule has 3 heteroatoms. The average molecular weight is 423 g/mol. The molecule has 0 bridgehead atoms. The molecule has 146 valence electrons. The van der Waals surface area contributed by atoms with Gasteiger partial charge in [-0.2, -0.15) is 0 Å². The molecule has 6 atom stereocenters. The number of carbonyl (C=O) groups is 1. The zero-order valence-electron chi connectivity index (χ0n) is 16.7. The van der Waals surface area contributed by atoms with Crippen LogP contribution < -0.4 is 0 Å². The molecular formula is C23H35BrO2. The molecule has 0 N–H and O–H groups in total. The number of halogens is 1. The standard InChI is InChI=1S/C23H35BrO2/c1-5-6-9-18-16(3)22(25)26-21(18)13-15(2)19-10-11-20-17(14-24)8-7-12-23(19,20)4/h14-15,18-21H,3,5-13H2,1-2,4H3/t15-,18+,19-,20+,21+,23-/m1/s1. The van der Waals surface area contributed by atoms with Gasteiger partial charge in [0.05, 0.1) is 0 Å². The molecule has 2 nitrogen and oxygen atoms in total. The van der Waals surface area contributed by atoms with Crippen molar-refractivity contribution in [2.24, 2.45) is 29.1 Å². The molecule has 2 saturated carbocycles. The van der Waals surface area contributed by atoms with E-state index in [1.165, 1.54) is 32.1 Å². The summed E-state index contributed by atoms with van der Waals surface area (Å²) in [6.45, 7) is 11.2. The average Bonchev–Trinajstić information content (AvgIpc) is 3.10. The van der Waals surface area contributed by atoms with Crippen LogP contribution in [-0.4, -0.2) is 12.1 Å². The molecule has 0 amide bonds. The Morgan fingerprint density at radius 1 is 1.42 bits per heavy atom. The van der Waals surface area contributed by atoms with Crippen LogP contribution in [0.5, 0.6) is 0 Å². The van der Waals surface area contributed by atoms with Gasteiger partial charge in [0.1, 0.15) is 6.10 Å². The summed E-state index contributed by atoms with van der Waals surface area (Å²) in [5.41, 5.74) is 2.75. The summed E-state index contributed by atoms with van der Waals surface area (Å²) in [5.74, 6) is 2.14. The zero-order valence-corrected chi connectivity index (χ0v) is 18.3. The molecule has 26 heavy (non-hydrogen) atoms. The predicted octanol–water partition coefficient (Wildman–Crippen LogP) is 6.80. The molecule has 0 aromatic carbocycles. The Bertz CT molecular complexity index is 581. The lowest BCUT2D eigenvalue weighted by molar-refractivity contribution is -0.140. The number of hydrogen-bond acceptors (Lipinski definition) is 2. The van der Waals surface area contributed by atoms with Crippen LogP contribution in [0.1, 0.15) is 78.6 Å². The number of hydrogen-bond donors (Lipinski definition) is 0. The van der Waals surface area contributed by atoms with Crippen molar-refractivity contribution < 1.29 is 9.53 Å². The summed E-state index contributed by atoms with van der Waals surface area (Å²) < 4.78 is 5.77. The van der Waals surface area contributed by atoms with Crippen molar-refractivity contribution in [2.75, 3.05) is 0 Å². The van der Waals surface area contributed by atoms with Gasteiger partial charge in [0.2, 0.25) is 0 Å². The van der Waals surface area contributed by atoms with Gasteiger partial charge in [-0.15, -0.1) is 0 Å². The van der Waals surface area contributed by atoms with E-state index in [1.807, 2.05) is 0 Å². The van der Waals surface area contributed by atoms with Crippen LogP contribution in [0.4, 0.5) is 0 Å². The normalized spacial score (nSPS) is 39.9. The van der Waals surface area contributed by atoms with E-state index in [4.69, 9.17) is 4.74 Å². The van der Waals surface area contributed by atoms with Crippen LogP contribution >= 0.6 is 15.9 Å². The molecule has 3 aliphatic rings. The minimum absolute atomic E-state index is 0.0500. The van der Waals surface area contributed by atoms with Crippen LogP contribution in [0.25, 0.3) is 0 Å². The molecule has 0 spiro atoms. The summed E-state index contributed by atoms with van der Waals surface area (Å²) >= 11 is 3.62. The maximum Gasteiger partial charge on any atom is 0.334 e. The highest BCUT2D eigenvalue weighted by molar-refractivity contribution is 9.11. The fourth-order valence-electron chi connectivity index (χ4n) is 6.34. The lowest BCUT2D eigenvalue weighted by Gasteiger charge is -2.44. The Labute approximate surface area is 168 Å². The Hall–Kier alpha value is -0.570. The van der Waals surface area contributed by atoms with Crippen molar-refractivity contribution in [3.63, 3.8) is 0 Å². The van der Waals surface area contributed by atoms with Crippen molar-refractivity contribution in [3.05, 3.63) is 22.7 Å². The van der Waals surface area contributed by atoms with Crippen LogP contribution in [0.15, 0.2) is 22.7 Å². The summed E-state index contributed by atoms with van der Waals surface area (Å²) in [6, 6.07) is 0. The molecular weight excluding hydrogens is 388 g/mol. The quantitative estimate of drug-likeness (QED) is 0.347. The summed E-state index contributed by atoms with van der Waals surface area (Å²) in [7, 11) is 0. The largest absolute Gasteiger partial charge is 0.458 e. The van der Waals surface area contributed by atoms with E-state index in [2.05, 4.69) is 48.3 Å². The SMILES string of the molecule is C=C1C(=O)O[C@@H](C[C@@H](C)[C@H]2CC[C@H]3C(=CBr)CCC[C@]23C)[C@H]1CCCC. The van der Waals surface area contributed by atoms with E-state index in [0.29, 0.717) is 16.9 Å². The summed E-state index contributed by atoms with van der Waals surface area (Å²) in [6.07, 6.45) is 10.9. The van der Waals surface area contributed by atoms with E-state index in [-0.39, 0.29) is 18.0 Å². The first-order valence-corrected chi connectivity index (χ1v) is 11.5. The molecule has 0 radical (unpaired) electrons. The Balaban J connectivity index is 1.70. The van der Waals surface area contributed by atoms with Gasteiger partial charge in [0, 0.05) is 11.5 Å². The number of allylic oxidation sites excluding steroid dienone is 1. The third-order valence-electron chi connectivity index (χ3n) is 7.75. The van der Waals surface area contributed by atoms with E-state index >= 15 is 0 Å². The molecule has 0 aromatic rings. The number of cyclic esters (lactones) is 1. The molecule has 0 aromatic heterocycles. The Morgan fingerprint density at radius 2 is 2.19 bits per heavy atom. The second-order valence-electron chi connectivity index (χ2n) is 9.21. The van der Waals surface area contributed by atoms with Crippen LogP contribution in [0, 0.1) is 29.1 Å². The van der Waals surface area contributed by atoms with E-state index in [9.17, 15) is 4.79 Å². The number of ether oxygens (including phenoxy) is 1. The van der Waals surface area contributed by atoms with Crippen LogP contribution in [0.3, 0.4) is 0 Å². The van der Waals surface area contributed by atoms with Crippen molar-refractivity contribution in [3.8, 4) is 0 Å². The topological polar surface area (TPSA) is 26.3 Å². The molecule has 1 heterocycles. The van der Waals surface area contributed by atoms with Gasteiger partial charge in [0.15, 0.2) is 0 Å². The number of fused-ring (bicyclic) bond motifs is 1. The summed E-state index contributed by atoms with van der Waals surface area (Å²) in [5, 5.41) is 0. The van der Waals surface area contributed by atoms with Crippen molar-refractivity contribution in [2.45, 2.75) is 84.7 Å². The van der Waals surface area contributed by atoms with Gasteiger partial charge >= 0.3 is 5.97 Å². The lowest BCUT2D eigenvalue weighted by Crippen LogP contribution is -2.37. The van der Waals surface area contributed by atoms with E-state index in [1.54, 1.807) is 5.57 Å². The lowest BCUT2D eigenvalue weighted by atomic mass is 9.61. The van der Waals surface area contributed by atoms with Crippen LogP contribution in [-0.2, 0) is 9.53 Å². The molecule has 1 saturated heterocycles. The van der Waals surface area contributed by atoms with Crippen molar-refractivity contribution in [1.82, 2.24) is 0 Å². The van der Waals surface area contributed by atoms with Crippen LogP contribution in [0.2, 0.25) is 0 Å². The van der Waals surface area contributed by atoms with Crippen molar-refractivity contribution >= 4 is 21.9 Å². The molecule has 3 rings (SSSR count). The second kappa shape index (κ2) is 8.20. The highest BCUT2D eigenvalue weighted by Crippen LogP contribution is 2.60. The Kier molecular flexibility index (Phi) is 6.37. The zero-order chi connectivity index (χ0) is 18.9. The number of carbonyl (C=O) groups excluding carboxylic acids is 1. The number of esters is 1. The number of unbranched alkanes of at least 4 members (excludes halogenated alkanes) is 1. The third-order valence-corrected chi connectivity index (χ3v) is 8.34. The minimum Gasteiger partial charge on any atom is -0.458 e. The fourth-order valence-corrected chi connectivity index (χ4v) is 6.89. The van der Waals surface area contributed by atoms with E-state index < -0.39 is 0 Å². The highest BCUT2D eigenvalue weighted by Gasteiger charge is 2.51. The predicted molar refractivity (Wildman–Crippen MR) is 111 cm³/mol. The minimum atomic E-state index is -0.152. The van der Waals surface area contributed by atoms with Gasteiger partial charge in [-0.05, 0) is 73.1 Å². The van der Waals surface area contributed by atoms with Gasteiger partial charge in [-0.1, -0.05) is 61.7 Å². The van der Waals surface area contributed by atoms with Gasteiger partial charge in [-0.25, -0.2) is 4.79 Å². The second-order valence-corrected chi connectivity index (χ2v) is 9.67. The maximum atomic E-state index is 12.1. The number of rotatable bonds is 6. The molecule has 2 aliphatic carbocycles. The fraction of sp³-hybridized carbons (Fsp3) is 0.783. The third kappa shape index (κ3) is 3.57. The first kappa shape index (κ1) is 20.2. The highest BCUT2D eigenvalue weighted by atomic mass is 79.9. The smallest absolute Gasteiger partial charge is 0.334 e. The monoisotopic (exact) mass is 422 g/mol. The Morgan fingerprint density at radius 3 is 2.88 bits per heavy atom.